The van der Waals surface area contributed by atoms with Gasteiger partial charge in [-0.25, -0.2) is 0 Å². The van der Waals surface area contributed by atoms with E-state index in [9.17, 15) is 5.11 Å². The lowest BCUT2D eigenvalue weighted by atomic mass is 9.99. The van der Waals surface area contributed by atoms with Crippen molar-refractivity contribution in [2.75, 3.05) is 26.7 Å². The minimum Gasteiger partial charge on any atom is -0.391 e. The molecule has 1 aromatic rings. The molecule has 3 heteroatoms. The van der Waals surface area contributed by atoms with Crippen molar-refractivity contribution in [3.63, 3.8) is 0 Å². The molecule has 2 aliphatic rings. The zero-order valence-electron chi connectivity index (χ0n) is 11.7. The molecule has 1 saturated heterocycles. The number of aliphatic hydroxyl groups excluding tert-OH is 1. The van der Waals surface area contributed by atoms with Gasteiger partial charge in [-0.05, 0) is 31.9 Å². The maximum atomic E-state index is 10.2. The fourth-order valence-electron chi connectivity index (χ4n) is 3.61. The summed E-state index contributed by atoms with van der Waals surface area (Å²) in [6.07, 6.45) is 3.15. The van der Waals surface area contributed by atoms with E-state index in [1.807, 2.05) is 0 Å². The summed E-state index contributed by atoms with van der Waals surface area (Å²) in [6, 6.07) is 11.5. The molecule has 0 aromatic heterocycles. The summed E-state index contributed by atoms with van der Waals surface area (Å²) < 4.78 is 0. The molecule has 1 heterocycles. The third-order valence-corrected chi connectivity index (χ3v) is 4.68. The number of aliphatic hydroxyl groups is 1. The van der Waals surface area contributed by atoms with Crippen molar-refractivity contribution < 1.29 is 5.11 Å². The summed E-state index contributed by atoms with van der Waals surface area (Å²) in [4.78, 5) is 4.95. The van der Waals surface area contributed by atoms with E-state index in [1.165, 1.54) is 12.0 Å². The van der Waals surface area contributed by atoms with Crippen molar-refractivity contribution in [3.05, 3.63) is 35.9 Å². The van der Waals surface area contributed by atoms with Crippen LogP contribution in [-0.2, 0) is 0 Å². The average molecular weight is 260 g/mol. The van der Waals surface area contributed by atoms with Gasteiger partial charge in [0.15, 0.2) is 0 Å². The lowest BCUT2D eigenvalue weighted by molar-refractivity contribution is 0.00291. The summed E-state index contributed by atoms with van der Waals surface area (Å²) in [5.74, 6) is 0. The molecule has 3 atom stereocenters. The van der Waals surface area contributed by atoms with E-state index in [4.69, 9.17) is 0 Å². The lowest BCUT2D eigenvalue weighted by Crippen LogP contribution is -2.52. The van der Waals surface area contributed by atoms with Gasteiger partial charge >= 0.3 is 0 Å². The third-order valence-electron chi connectivity index (χ3n) is 4.68. The van der Waals surface area contributed by atoms with Crippen molar-refractivity contribution in [2.45, 2.75) is 37.5 Å². The Hall–Kier alpha value is -0.900. The largest absolute Gasteiger partial charge is 0.391 e. The van der Waals surface area contributed by atoms with Crippen LogP contribution in [0.2, 0.25) is 0 Å². The summed E-state index contributed by atoms with van der Waals surface area (Å²) in [7, 11) is 2.19. The van der Waals surface area contributed by atoms with E-state index in [1.54, 1.807) is 0 Å². The van der Waals surface area contributed by atoms with Crippen molar-refractivity contribution in [3.8, 4) is 0 Å². The zero-order chi connectivity index (χ0) is 13.2. The SMILES string of the molecule is CN1CCN([C@H]2CCC[C@@H]2O)C(c2ccccc2)C1. The first-order chi connectivity index (χ1) is 9.25. The first kappa shape index (κ1) is 13.1. The van der Waals surface area contributed by atoms with E-state index in [0.29, 0.717) is 12.1 Å². The van der Waals surface area contributed by atoms with Crippen LogP contribution in [0.15, 0.2) is 30.3 Å². The highest BCUT2D eigenvalue weighted by Crippen LogP contribution is 2.33. The topological polar surface area (TPSA) is 26.7 Å². The van der Waals surface area contributed by atoms with Gasteiger partial charge in [0.25, 0.3) is 0 Å². The number of benzene rings is 1. The quantitative estimate of drug-likeness (QED) is 0.879. The molecule has 1 unspecified atom stereocenters. The van der Waals surface area contributed by atoms with Crippen LogP contribution >= 0.6 is 0 Å². The molecular formula is C16H24N2O. The molecule has 19 heavy (non-hydrogen) atoms. The molecular weight excluding hydrogens is 236 g/mol. The number of hydrogen-bond donors (Lipinski definition) is 1. The van der Waals surface area contributed by atoms with Gasteiger partial charge in [0, 0.05) is 31.7 Å². The van der Waals surface area contributed by atoms with Crippen LogP contribution in [0.4, 0.5) is 0 Å². The molecule has 3 nitrogen and oxygen atoms in total. The van der Waals surface area contributed by atoms with Gasteiger partial charge in [-0.15, -0.1) is 0 Å². The Morgan fingerprint density at radius 1 is 1.11 bits per heavy atom. The number of likely N-dealkylation sites (N-methyl/N-ethyl adjacent to an activating group) is 1. The van der Waals surface area contributed by atoms with Gasteiger partial charge in [-0.3, -0.25) is 4.90 Å². The van der Waals surface area contributed by atoms with Gasteiger partial charge in [0.05, 0.1) is 6.10 Å². The van der Waals surface area contributed by atoms with Crippen LogP contribution < -0.4 is 0 Å². The Morgan fingerprint density at radius 2 is 1.89 bits per heavy atom. The predicted molar refractivity (Wildman–Crippen MR) is 77.0 cm³/mol. The normalized spacial score (nSPS) is 33.7. The number of rotatable bonds is 2. The first-order valence-electron chi connectivity index (χ1n) is 7.43. The van der Waals surface area contributed by atoms with Crippen LogP contribution in [0.25, 0.3) is 0 Å². The molecule has 104 valence electrons. The molecule has 0 bridgehead atoms. The Bertz CT molecular complexity index is 408. The smallest absolute Gasteiger partial charge is 0.0695 e. The Balaban J connectivity index is 1.84. The molecule has 1 saturated carbocycles. The Morgan fingerprint density at radius 3 is 2.58 bits per heavy atom. The Labute approximate surface area is 115 Å². The second kappa shape index (κ2) is 5.61. The molecule has 0 radical (unpaired) electrons. The van der Waals surface area contributed by atoms with Crippen molar-refractivity contribution in [1.29, 1.82) is 0 Å². The molecule has 1 aliphatic heterocycles. The summed E-state index contributed by atoms with van der Waals surface area (Å²) in [6.45, 7) is 3.23. The van der Waals surface area contributed by atoms with Crippen LogP contribution in [-0.4, -0.2) is 53.7 Å². The van der Waals surface area contributed by atoms with E-state index in [-0.39, 0.29) is 6.10 Å². The fourth-order valence-corrected chi connectivity index (χ4v) is 3.61. The molecule has 1 N–H and O–H groups in total. The standard InChI is InChI=1S/C16H24N2O/c1-17-10-11-18(14-8-5-9-16(14)19)15(12-17)13-6-3-2-4-7-13/h2-4,6-7,14-16,19H,5,8-12H2,1H3/t14-,15?,16-/m0/s1. The second-order valence-corrected chi connectivity index (χ2v) is 5.99. The Kier molecular flexibility index (Phi) is 3.87. The minimum absolute atomic E-state index is 0.130. The van der Waals surface area contributed by atoms with Gasteiger partial charge in [-0.2, -0.15) is 0 Å². The van der Waals surface area contributed by atoms with Crippen molar-refractivity contribution >= 4 is 0 Å². The maximum absolute atomic E-state index is 10.2. The zero-order valence-corrected chi connectivity index (χ0v) is 11.7. The van der Waals surface area contributed by atoms with Crippen LogP contribution in [0, 0.1) is 0 Å². The molecule has 2 fully saturated rings. The van der Waals surface area contributed by atoms with Gasteiger partial charge < -0.3 is 10.0 Å². The fraction of sp³-hybridized carbons (Fsp3) is 0.625. The highest BCUT2D eigenvalue weighted by Gasteiger charge is 2.37. The lowest BCUT2D eigenvalue weighted by Gasteiger charge is -2.44. The predicted octanol–water partition coefficient (Wildman–Crippen LogP) is 1.89. The summed E-state index contributed by atoms with van der Waals surface area (Å²) >= 11 is 0. The summed E-state index contributed by atoms with van der Waals surface area (Å²) in [5.41, 5.74) is 1.38. The maximum Gasteiger partial charge on any atom is 0.0695 e. The highest BCUT2D eigenvalue weighted by molar-refractivity contribution is 5.20. The number of piperazine rings is 1. The monoisotopic (exact) mass is 260 g/mol. The third kappa shape index (κ3) is 2.69. The van der Waals surface area contributed by atoms with E-state index >= 15 is 0 Å². The molecule has 1 aliphatic carbocycles. The van der Waals surface area contributed by atoms with E-state index in [0.717, 1.165) is 32.5 Å². The van der Waals surface area contributed by atoms with E-state index < -0.39 is 0 Å². The molecule has 0 spiro atoms. The van der Waals surface area contributed by atoms with Gasteiger partial charge in [0.1, 0.15) is 0 Å². The van der Waals surface area contributed by atoms with Crippen LogP contribution in [0.5, 0.6) is 0 Å². The molecule has 3 rings (SSSR count). The van der Waals surface area contributed by atoms with Crippen LogP contribution in [0.1, 0.15) is 30.9 Å². The van der Waals surface area contributed by atoms with Crippen molar-refractivity contribution in [1.82, 2.24) is 9.80 Å². The second-order valence-electron chi connectivity index (χ2n) is 5.99. The van der Waals surface area contributed by atoms with Gasteiger partial charge in [-0.1, -0.05) is 30.3 Å². The van der Waals surface area contributed by atoms with Crippen molar-refractivity contribution in [2.24, 2.45) is 0 Å². The van der Waals surface area contributed by atoms with Gasteiger partial charge in [0.2, 0.25) is 0 Å². The minimum atomic E-state index is -0.130. The van der Waals surface area contributed by atoms with Crippen LogP contribution in [0.3, 0.4) is 0 Å². The average Bonchev–Trinajstić information content (AvgIpc) is 2.86. The number of nitrogens with zero attached hydrogens (tertiary/aromatic N) is 2. The van der Waals surface area contributed by atoms with E-state index in [2.05, 4.69) is 47.2 Å². The first-order valence-corrected chi connectivity index (χ1v) is 7.43. The summed E-state index contributed by atoms with van der Waals surface area (Å²) in [5, 5.41) is 10.2. The number of hydrogen-bond acceptors (Lipinski definition) is 3. The molecule has 1 aromatic carbocycles. The molecule has 0 amide bonds. The highest BCUT2D eigenvalue weighted by atomic mass is 16.3.